The van der Waals surface area contributed by atoms with Crippen LogP contribution in [0.3, 0.4) is 0 Å². The molecule has 8 heteroatoms. The first kappa shape index (κ1) is 15.7. The van der Waals surface area contributed by atoms with E-state index >= 15 is 0 Å². The summed E-state index contributed by atoms with van der Waals surface area (Å²) in [7, 11) is 0. The van der Waals surface area contributed by atoms with Gasteiger partial charge in [-0.25, -0.2) is 9.48 Å². The molecule has 24 heavy (non-hydrogen) atoms. The molecule has 8 nitrogen and oxygen atoms in total. The van der Waals surface area contributed by atoms with E-state index < -0.39 is 12.1 Å². The zero-order valence-corrected chi connectivity index (χ0v) is 12.9. The summed E-state index contributed by atoms with van der Waals surface area (Å²) in [5.41, 5.74) is 1.91. The molecule has 1 aromatic carbocycles. The maximum Gasteiger partial charge on any atom is 0.322 e. The van der Waals surface area contributed by atoms with Crippen molar-refractivity contribution >= 4 is 17.8 Å². The van der Waals surface area contributed by atoms with E-state index in [1.54, 1.807) is 10.9 Å². The average Bonchev–Trinajstić information content (AvgIpc) is 3.21. The van der Waals surface area contributed by atoms with E-state index in [-0.39, 0.29) is 24.7 Å². The number of hydrogen-bond acceptors (Lipinski definition) is 4. The summed E-state index contributed by atoms with van der Waals surface area (Å²) in [6, 6.07) is 8.39. The van der Waals surface area contributed by atoms with Crippen molar-refractivity contribution in [1.29, 1.82) is 0 Å². The topological polar surface area (TPSA) is 105 Å². The fourth-order valence-corrected chi connectivity index (χ4v) is 2.41. The molecule has 1 saturated heterocycles. The van der Waals surface area contributed by atoms with Crippen LogP contribution in [0, 0.1) is 0 Å². The number of benzene rings is 1. The number of carbonyl (C=O) groups excluding carboxylic acids is 3. The van der Waals surface area contributed by atoms with E-state index in [4.69, 9.17) is 0 Å². The number of imide groups is 1. The van der Waals surface area contributed by atoms with Crippen LogP contribution in [0.1, 0.15) is 18.4 Å². The van der Waals surface area contributed by atoms with Crippen molar-refractivity contribution in [3.63, 3.8) is 0 Å². The largest absolute Gasteiger partial charge is 0.352 e. The first-order chi connectivity index (χ1) is 11.6. The molecule has 0 radical (unpaired) electrons. The van der Waals surface area contributed by atoms with Crippen LogP contribution >= 0.6 is 0 Å². The summed E-state index contributed by atoms with van der Waals surface area (Å²) in [6.07, 6.45) is 4.02. The summed E-state index contributed by atoms with van der Waals surface area (Å²) in [5, 5.41) is 11.5. The lowest BCUT2D eigenvalue weighted by Gasteiger charge is -2.09. The maximum atomic E-state index is 11.8. The molecular formula is C16H17N5O3. The molecule has 2 heterocycles. The molecule has 1 aromatic heterocycles. The highest BCUT2D eigenvalue weighted by atomic mass is 16.2. The van der Waals surface area contributed by atoms with Crippen LogP contribution in [0.25, 0.3) is 5.69 Å². The lowest BCUT2D eigenvalue weighted by atomic mass is 10.1. The molecule has 3 N–H and O–H groups in total. The lowest BCUT2D eigenvalue weighted by molar-refractivity contribution is -0.122. The summed E-state index contributed by atoms with van der Waals surface area (Å²) >= 11 is 0. The molecule has 0 bridgehead atoms. The Morgan fingerprint density at radius 1 is 1.25 bits per heavy atom. The molecule has 2 aromatic rings. The molecule has 1 fully saturated rings. The third kappa shape index (κ3) is 3.78. The molecule has 0 saturated carbocycles. The van der Waals surface area contributed by atoms with Crippen molar-refractivity contribution in [1.82, 2.24) is 25.7 Å². The lowest BCUT2D eigenvalue weighted by Crippen LogP contribution is -2.31. The third-order valence-corrected chi connectivity index (χ3v) is 3.71. The number of rotatable bonds is 6. The Morgan fingerprint density at radius 3 is 2.67 bits per heavy atom. The van der Waals surface area contributed by atoms with Gasteiger partial charge in [-0.3, -0.25) is 14.9 Å². The van der Waals surface area contributed by atoms with Gasteiger partial charge in [-0.15, -0.1) is 0 Å². The van der Waals surface area contributed by atoms with Crippen LogP contribution in [-0.4, -0.2) is 33.7 Å². The number of nitrogens with one attached hydrogen (secondary N) is 3. The van der Waals surface area contributed by atoms with Crippen LogP contribution < -0.4 is 16.0 Å². The fourth-order valence-electron chi connectivity index (χ4n) is 2.41. The second kappa shape index (κ2) is 6.95. The van der Waals surface area contributed by atoms with Crippen LogP contribution in [0.2, 0.25) is 0 Å². The Labute approximate surface area is 138 Å². The van der Waals surface area contributed by atoms with Gasteiger partial charge < -0.3 is 10.6 Å². The van der Waals surface area contributed by atoms with E-state index in [9.17, 15) is 14.4 Å². The number of aromatic nitrogens is 2. The zero-order valence-electron chi connectivity index (χ0n) is 12.9. The third-order valence-electron chi connectivity index (χ3n) is 3.71. The van der Waals surface area contributed by atoms with Crippen LogP contribution in [-0.2, 0) is 16.1 Å². The van der Waals surface area contributed by atoms with Gasteiger partial charge in [0.25, 0.3) is 5.91 Å². The summed E-state index contributed by atoms with van der Waals surface area (Å²) in [5.74, 6) is -0.554. The monoisotopic (exact) mass is 327 g/mol. The van der Waals surface area contributed by atoms with Gasteiger partial charge in [-0.2, -0.15) is 5.10 Å². The van der Waals surface area contributed by atoms with Gasteiger partial charge in [0.2, 0.25) is 5.91 Å². The smallest absolute Gasteiger partial charge is 0.322 e. The van der Waals surface area contributed by atoms with Crippen molar-refractivity contribution in [2.75, 3.05) is 0 Å². The van der Waals surface area contributed by atoms with Gasteiger partial charge in [0.15, 0.2) is 0 Å². The number of urea groups is 1. The minimum atomic E-state index is -0.628. The SMILES string of the molecule is O=C(CCC1NC(=O)NC1=O)NCc1ccc(-n2cccn2)cc1. The average molecular weight is 327 g/mol. The molecule has 4 amide bonds. The summed E-state index contributed by atoms with van der Waals surface area (Å²) < 4.78 is 1.75. The number of hydrogen-bond donors (Lipinski definition) is 3. The van der Waals surface area contributed by atoms with Crippen molar-refractivity contribution in [2.45, 2.75) is 25.4 Å². The van der Waals surface area contributed by atoms with Crippen LogP contribution in [0.15, 0.2) is 42.7 Å². The van der Waals surface area contributed by atoms with Crippen molar-refractivity contribution in [3.8, 4) is 5.69 Å². The molecule has 1 unspecified atom stereocenters. The standard InChI is InChI=1S/C16H17N5O3/c22-14(7-6-13-15(23)20-16(24)19-13)17-10-11-2-4-12(5-3-11)21-9-1-8-18-21/h1-5,8-9,13H,6-7,10H2,(H,17,22)(H2,19,20,23,24). The van der Waals surface area contributed by atoms with Gasteiger partial charge in [0.1, 0.15) is 6.04 Å². The summed E-state index contributed by atoms with van der Waals surface area (Å²) in [6.45, 7) is 0.404. The quantitative estimate of drug-likeness (QED) is 0.671. The Kier molecular flexibility index (Phi) is 4.55. The van der Waals surface area contributed by atoms with E-state index in [0.29, 0.717) is 6.54 Å². The van der Waals surface area contributed by atoms with E-state index in [1.807, 2.05) is 36.5 Å². The molecule has 1 aliphatic heterocycles. The van der Waals surface area contributed by atoms with Gasteiger partial charge >= 0.3 is 6.03 Å². The highest BCUT2D eigenvalue weighted by Crippen LogP contribution is 2.09. The van der Waals surface area contributed by atoms with Gasteiger partial charge in [0.05, 0.1) is 5.69 Å². The molecular weight excluding hydrogens is 310 g/mol. The van der Waals surface area contributed by atoms with Crippen molar-refractivity contribution in [3.05, 3.63) is 48.3 Å². The van der Waals surface area contributed by atoms with E-state index in [1.165, 1.54) is 0 Å². The minimum absolute atomic E-state index is 0.167. The minimum Gasteiger partial charge on any atom is -0.352 e. The van der Waals surface area contributed by atoms with Gasteiger partial charge in [-0.1, -0.05) is 12.1 Å². The zero-order chi connectivity index (χ0) is 16.9. The Morgan fingerprint density at radius 2 is 2.04 bits per heavy atom. The van der Waals surface area contributed by atoms with Crippen molar-refractivity contribution < 1.29 is 14.4 Å². The van der Waals surface area contributed by atoms with E-state index in [0.717, 1.165) is 11.3 Å². The van der Waals surface area contributed by atoms with Gasteiger partial charge in [-0.05, 0) is 30.2 Å². The molecule has 1 aliphatic rings. The molecule has 124 valence electrons. The Balaban J connectivity index is 1.44. The fraction of sp³-hybridized carbons (Fsp3) is 0.250. The molecule has 1 atom stereocenters. The predicted molar refractivity (Wildman–Crippen MR) is 85.1 cm³/mol. The second-order valence-electron chi connectivity index (χ2n) is 5.45. The first-order valence-corrected chi connectivity index (χ1v) is 7.59. The Bertz CT molecular complexity index is 740. The highest BCUT2D eigenvalue weighted by molar-refractivity contribution is 6.04. The number of carbonyl (C=O) groups is 3. The molecule has 3 rings (SSSR count). The first-order valence-electron chi connectivity index (χ1n) is 7.59. The maximum absolute atomic E-state index is 11.8. The van der Waals surface area contributed by atoms with Crippen LogP contribution in [0.5, 0.6) is 0 Å². The molecule has 0 aliphatic carbocycles. The van der Waals surface area contributed by atoms with E-state index in [2.05, 4.69) is 21.0 Å². The Hall–Kier alpha value is -3.16. The summed E-state index contributed by atoms with van der Waals surface area (Å²) in [4.78, 5) is 34.2. The molecule has 0 spiro atoms. The number of amides is 4. The normalized spacial score (nSPS) is 16.6. The van der Waals surface area contributed by atoms with Gasteiger partial charge in [0, 0.05) is 25.4 Å². The second-order valence-corrected chi connectivity index (χ2v) is 5.45. The predicted octanol–water partition coefficient (Wildman–Crippen LogP) is 0.477. The highest BCUT2D eigenvalue weighted by Gasteiger charge is 2.29. The number of nitrogens with zero attached hydrogens (tertiary/aromatic N) is 2. The van der Waals surface area contributed by atoms with Crippen molar-refractivity contribution in [2.24, 2.45) is 0 Å². The van der Waals surface area contributed by atoms with Crippen LogP contribution in [0.4, 0.5) is 4.79 Å².